The van der Waals surface area contributed by atoms with Crippen LogP contribution in [0.25, 0.3) is 0 Å². The lowest BCUT2D eigenvalue weighted by atomic mass is 10.1. The van der Waals surface area contributed by atoms with E-state index in [-0.39, 0.29) is 5.83 Å². The van der Waals surface area contributed by atoms with Crippen LogP contribution < -0.4 is 0 Å². The zero-order chi connectivity index (χ0) is 9.10. The van der Waals surface area contributed by atoms with E-state index in [0.29, 0.717) is 6.54 Å². The number of hydrogen-bond donors (Lipinski definition) is 0. The van der Waals surface area contributed by atoms with Gasteiger partial charge in [0.2, 0.25) is 0 Å². The normalized spacial score (nSPS) is 30.5. The Labute approximate surface area is 83.4 Å². The van der Waals surface area contributed by atoms with Gasteiger partial charge < -0.3 is 0 Å². The number of hydrogen-bond acceptors (Lipinski definition) is 2. The van der Waals surface area contributed by atoms with Crippen molar-refractivity contribution in [2.75, 3.05) is 31.1 Å². The highest BCUT2D eigenvalue weighted by Crippen LogP contribution is 2.25. The number of halogens is 1. The van der Waals surface area contributed by atoms with Crippen molar-refractivity contribution in [1.29, 1.82) is 0 Å². The van der Waals surface area contributed by atoms with Gasteiger partial charge in [0.15, 0.2) is 0 Å². The van der Waals surface area contributed by atoms with E-state index in [1.807, 2.05) is 11.8 Å². The molecule has 74 valence electrons. The maximum Gasteiger partial charge on any atom is 0.110 e. The minimum atomic E-state index is 0.0666. The fourth-order valence-corrected chi connectivity index (χ4v) is 3.28. The molecule has 3 heteroatoms. The summed E-state index contributed by atoms with van der Waals surface area (Å²) in [6.07, 6.45) is 3.94. The third-order valence-corrected chi connectivity index (χ3v) is 3.96. The quantitative estimate of drug-likeness (QED) is 0.674. The van der Waals surface area contributed by atoms with Crippen molar-refractivity contribution in [3.8, 4) is 0 Å². The molecule has 1 atom stereocenters. The molecule has 0 aliphatic carbocycles. The van der Waals surface area contributed by atoms with E-state index in [1.54, 1.807) is 6.08 Å². The van der Waals surface area contributed by atoms with Crippen LogP contribution in [0.15, 0.2) is 11.9 Å². The van der Waals surface area contributed by atoms with Gasteiger partial charge in [0.05, 0.1) is 0 Å². The monoisotopic (exact) mass is 201 g/mol. The Bertz CT molecular complexity index is 199. The molecule has 0 aromatic carbocycles. The summed E-state index contributed by atoms with van der Waals surface area (Å²) in [6, 6.07) is 0. The summed E-state index contributed by atoms with van der Waals surface area (Å²) in [6.45, 7) is 2.71. The zero-order valence-electron chi connectivity index (χ0n) is 7.84. The standard InChI is InChI=1S/C10H16FNS/c11-10-2-1-4-12(7-10)6-9-3-5-13-8-9/h2,9H,1,3-8H2. The molecule has 0 spiro atoms. The van der Waals surface area contributed by atoms with Crippen molar-refractivity contribution < 1.29 is 4.39 Å². The lowest BCUT2D eigenvalue weighted by molar-refractivity contribution is 0.235. The molecular formula is C10H16FNS. The minimum Gasteiger partial charge on any atom is -0.296 e. The summed E-state index contributed by atoms with van der Waals surface area (Å²) in [7, 11) is 0. The molecule has 1 saturated heterocycles. The Morgan fingerprint density at radius 3 is 3.23 bits per heavy atom. The molecule has 0 radical (unpaired) electrons. The smallest absolute Gasteiger partial charge is 0.110 e. The highest BCUT2D eigenvalue weighted by Gasteiger charge is 2.20. The summed E-state index contributed by atoms with van der Waals surface area (Å²) in [5, 5.41) is 0. The van der Waals surface area contributed by atoms with Crippen LogP contribution in [0.5, 0.6) is 0 Å². The van der Waals surface area contributed by atoms with Gasteiger partial charge in [-0.2, -0.15) is 11.8 Å². The predicted molar refractivity (Wildman–Crippen MR) is 55.7 cm³/mol. The van der Waals surface area contributed by atoms with E-state index in [2.05, 4.69) is 4.90 Å². The summed E-state index contributed by atoms with van der Waals surface area (Å²) in [5.41, 5.74) is 0. The second kappa shape index (κ2) is 4.47. The highest BCUT2D eigenvalue weighted by molar-refractivity contribution is 7.99. The van der Waals surface area contributed by atoms with Gasteiger partial charge in [0.25, 0.3) is 0 Å². The molecule has 0 aromatic heterocycles. The SMILES string of the molecule is FC1=CCCN(CC2CCSC2)C1. The predicted octanol–water partition coefficient (Wildman–Crippen LogP) is 2.30. The van der Waals surface area contributed by atoms with Gasteiger partial charge in [0.1, 0.15) is 5.83 Å². The van der Waals surface area contributed by atoms with Crippen molar-refractivity contribution in [1.82, 2.24) is 4.90 Å². The van der Waals surface area contributed by atoms with E-state index in [0.717, 1.165) is 25.4 Å². The maximum absolute atomic E-state index is 12.9. The van der Waals surface area contributed by atoms with Gasteiger partial charge in [-0.15, -0.1) is 0 Å². The average molecular weight is 201 g/mol. The Balaban J connectivity index is 1.78. The van der Waals surface area contributed by atoms with E-state index in [4.69, 9.17) is 0 Å². The second-order valence-electron chi connectivity index (χ2n) is 3.90. The van der Waals surface area contributed by atoms with Crippen molar-refractivity contribution in [3.05, 3.63) is 11.9 Å². The zero-order valence-corrected chi connectivity index (χ0v) is 8.65. The number of thioether (sulfide) groups is 1. The van der Waals surface area contributed by atoms with Gasteiger partial charge in [-0.3, -0.25) is 4.90 Å². The molecule has 1 nitrogen and oxygen atoms in total. The molecule has 2 aliphatic heterocycles. The molecule has 0 amide bonds. The lowest BCUT2D eigenvalue weighted by Gasteiger charge is -2.26. The summed E-state index contributed by atoms with van der Waals surface area (Å²) >= 11 is 2.04. The molecule has 1 fully saturated rings. The van der Waals surface area contributed by atoms with Crippen LogP contribution in [0.2, 0.25) is 0 Å². The summed E-state index contributed by atoms with van der Waals surface area (Å²) in [5.74, 6) is 3.46. The topological polar surface area (TPSA) is 3.24 Å². The molecule has 0 bridgehead atoms. The average Bonchev–Trinajstić information content (AvgIpc) is 2.57. The van der Waals surface area contributed by atoms with Crippen molar-refractivity contribution in [3.63, 3.8) is 0 Å². The van der Waals surface area contributed by atoms with Crippen molar-refractivity contribution >= 4 is 11.8 Å². The molecular weight excluding hydrogens is 185 g/mol. The van der Waals surface area contributed by atoms with Gasteiger partial charge >= 0.3 is 0 Å². The maximum atomic E-state index is 12.9. The van der Waals surface area contributed by atoms with E-state index >= 15 is 0 Å². The molecule has 2 aliphatic rings. The summed E-state index contributed by atoms with van der Waals surface area (Å²) in [4.78, 5) is 2.26. The van der Waals surface area contributed by atoms with Gasteiger partial charge in [-0.25, -0.2) is 4.39 Å². The van der Waals surface area contributed by atoms with E-state index < -0.39 is 0 Å². The minimum absolute atomic E-state index is 0.0666. The third kappa shape index (κ3) is 2.71. The van der Waals surface area contributed by atoms with Crippen LogP contribution in [0.3, 0.4) is 0 Å². The molecule has 2 heterocycles. The molecule has 0 aromatic rings. The van der Waals surface area contributed by atoms with Crippen molar-refractivity contribution in [2.24, 2.45) is 5.92 Å². The summed E-state index contributed by atoms with van der Waals surface area (Å²) < 4.78 is 12.9. The molecule has 0 N–H and O–H groups in total. The third-order valence-electron chi connectivity index (χ3n) is 2.73. The first-order chi connectivity index (χ1) is 6.34. The Kier molecular flexibility index (Phi) is 3.28. The van der Waals surface area contributed by atoms with Crippen LogP contribution >= 0.6 is 11.8 Å². The second-order valence-corrected chi connectivity index (χ2v) is 5.05. The van der Waals surface area contributed by atoms with Gasteiger partial charge in [-0.05, 0) is 30.3 Å². The molecule has 2 rings (SSSR count). The van der Waals surface area contributed by atoms with Crippen LogP contribution in [0, 0.1) is 5.92 Å². The van der Waals surface area contributed by atoms with Crippen LogP contribution in [-0.2, 0) is 0 Å². The Hall–Kier alpha value is -0.0200. The van der Waals surface area contributed by atoms with E-state index in [1.165, 1.54) is 17.9 Å². The number of nitrogens with zero attached hydrogens (tertiary/aromatic N) is 1. The lowest BCUT2D eigenvalue weighted by Crippen LogP contribution is -2.33. The van der Waals surface area contributed by atoms with Crippen LogP contribution in [0.1, 0.15) is 12.8 Å². The van der Waals surface area contributed by atoms with E-state index in [9.17, 15) is 4.39 Å². The highest BCUT2D eigenvalue weighted by atomic mass is 32.2. The molecule has 1 unspecified atom stereocenters. The first kappa shape index (κ1) is 9.53. The first-order valence-corrected chi connectivity index (χ1v) is 6.14. The first-order valence-electron chi connectivity index (χ1n) is 4.99. The van der Waals surface area contributed by atoms with Gasteiger partial charge in [0, 0.05) is 19.6 Å². The fraction of sp³-hybridized carbons (Fsp3) is 0.800. The Morgan fingerprint density at radius 2 is 2.54 bits per heavy atom. The molecule has 0 saturated carbocycles. The van der Waals surface area contributed by atoms with Crippen LogP contribution in [0.4, 0.5) is 4.39 Å². The van der Waals surface area contributed by atoms with Gasteiger partial charge in [-0.1, -0.05) is 6.08 Å². The number of rotatable bonds is 2. The Morgan fingerprint density at radius 1 is 1.62 bits per heavy atom. The largest absolute Gasteiger partial charge is 0.296 e. The molecule has 13 heavy (non-hydrogen) atoms. The fourth-order valence-electron chi connectivity index (χ4n) is 2.01. The van der Waals surface area contributed by atoms with Crippen LogP contribution in [-0.4, -0.2) is 36.0 Å². The van der Waals surface area contributed by atoms with Crippen molar-refractivity contribution in [2.45, 2.75) is 12.8 Å².